The van der Waals surface area contributed by atoms with Gasteiger partial charge in [-0.15, -0.1) is 0 Å². The first-order valence-corrected chi connectivity index (χ1v) is 12.0. The zero-order chi connectivity index (χ0) is 24.8. The van der Waals surface area contributed by atoms with Crippen molar-refractivity contribution in [2.45, 2.75) is 23.6 Å². The van der Waals surface area contributed by atoms with E-state index in [-0.39, 0.29) is 26.5 Å². The Morgan fingerprint density at radius 2 is 1.56 bits per heavy atom. The first kappa shape index (κ1) is 23.7. The quantitative estimate of drug-likeness (QED) is 0.397. The third kappa shape index (κ3) is 3.78. The number of halogens is 1. The predicted molar refractivity (Wildman–Crippen MR) is 129 cm³/mol. The molecule has 0 saturated heterocycles. The van der Waals surface area contributed by atoms with E-state index >= 15 is 0 Å². The third-order valence-corrected chi connectivity index (χ3v) is 7.71. The van der Waals surface area contributed by atoms with E-state index in [9.17, 15) is 18.3 Å². The molecule has 9 heteroatoms. The van der Waals surface area contributed by atoms with Crippen LogP contribution in [0.3, 0.4) is 0 Å². The number of fused-ring (bicyclic) bond motifs is 1. The number of hydrogen-bond donors (Lipinski definition) is 1. The average Bonchev–Trinajstić information content (AvgIpc) is 2.80. The van der Waals surface area contributed by atoms with Crippen molar-refractivity contribution in [2.24, 2.45) is 0 Å². The second kappa shape index (κ2) is 8.70. The van der Waals surface area contributed by atoms with Crippen molar-refractivity contribution in [2.75, 3.05) is 14.2 Å². The molecule has 4 aromatic rings. The first-order chi connectivity index (χ1) is 16.1. The van der Waals surface area contributed by atoms with Gasteiger partial charge >= 0.3 is 0 Å². The van der Waals surface area contributed by atoms with Crippen LogP contribution in [0.15, 0.2) is 67.5 Å². The summed E-state index contributed by atoms with van der Waals surface area (Å²) in [6.45, 7) is 3.28. The number of aryl methyl sites for hydroxylation is 2. The third-order valence-electron chi connectivity index (χ3n) is 5.52. The van der Waals surface area contributed by atoms with E-state index in [4.69, 9.17) is 25.5 Å². The number of methoxy groups -OCH3 is 2. The molecule has 1 N–H and O–H groups in total. The van der Waals surface area contributed by atoms with E-state index in [0.29, 0.717) is 33.2 Å². The maximum Gasteiger partial charge on any atom is 0.235 e. The van der Waals surface area contributed by atoms with Gasteiger partial charge in [-0.2, -0.15) is 0 Å². The molecule has 0 spiro atoms. The summed E-state index contributed by atoms with van der Waals surface area (Å²) in [5.41, 5.74) is 0.303. The molecule has 0 aliphatic heterocycles. The Morgan fingerprint density at radius 3 is 2.18 bits per heavy atom. The highest BCUT2D eigenvalue weighted by molar-refractivity contribution is 7.91. The molecule has 1 heterocycles. The van der Waals surface area contributed by atoms with Crippen molar-refractivity contribution in [3.8, 4) is 28.6 Å². The Kier molecular flexibility index (Phi) is 6.05. The molecule has 0 unspecified atom stereocenters. The van der Waals surface area contributed by atoms with Gasteiger partial charge < -0.3 is 19.0 Å². The van der Waals surface area contributed by atoms with Crippen molar-refractivity contribution in [3.63, 3.8) is 0 Å². The molecule has 0 amide bonds. The highest BCUT2D eigenvalue weighted by Gasteiger charge is 2.29. The van der Waals surface area contributed by atoms with Crippen LogP contribution in [-0.2, 0) is 9.84 Å². The van der Waals surface area contributed by atoms with Crippen LogP contribution in [0.5, 0.6) is 17.2 Å². The summed E-state index contributed by atoms with van der Waals surface area (Å²) in [5, 5.41) is 11.1. The molecule has 0 aliphatic carbocycles. The van der Waals surface area contributed by atoms with E-state index in [0.717, 1.165) is 0 Å². The SMILES string of the molecule is COc1ccc(-c2oc3c(S(=O)(=O)c4ccc(Cl)cc4)c(C)cc(C)c3c(=O)c2O)cc1OC. The summed E-state index contributed by atoms with van der Waals surface area (Å²) < 4.78 is 43.8. The number of hydrogen-bond acceptors (Lipinski definition) is 7. The normalized spacial score (nSPS) is 11.6. The molecule has 34 heavy (non-hydrogen) atoms. The molecule has 176 valence electrons. The minimum absolute atomic E-state index is 0.00598. The van der Waals surface area contributed by atoms with Gasteiger partial charge in [-0.1, -0.05) is 17.7 Å². The minimum atomic E-state index is -4.10. The standard InChI is InChI=1S/C25H21ClO7S/c1-13-11-14(2)25(34(29,30)17-8-6-16(26)7-9-17)24-20(13)21(27)22(28)23(33-24)15-5-10-18(31-3)19(12-15)32-4/h5-12,28H,1-4H3. The zero-order valence-corrected chi connectivity index (χ0v) is 20.4. The fourth-order valence-electron chi connectivity index (χ4n) is 3.92. The van der Waals surface area contributed by atoms with Gasteiger partial charge in [-0.25, -0.2) is 8.42 Å². The lowest BCUT2D eigenvalue weighted by atomic mass is 10.0. The largest absolute Gasteiger partial charge is 0.502 e. The van der Waals surface area contributed by atoms with E-state index in [2.05, 4.69) is 0 Å². The second-order valence-corrected chi connectivity index (χ2v) is 10.0. The van der Waals surface area contributed by atoms with Gasteiger partial charge in [-0.05, 0) is 67.4 Å². The summed E-state index contributed by atoms with van der Waals surface area (Å²) in [6.07, 6.45) is 0. The van der Waals surface area contributed by atoms with Gasteiger partial charge in [0.2, 0.25) is 21.0 Å². The van der Waals surface area contributed by atoms with Crippen LogP contribution in [0.4, 0.5) is 0 Å². The van der Waals surface area contributed by atoms with Gasteiger partial charge in [0, 0.05) is 10.6 Å². The minimum Gasteiger partial charge on any atom is -0.502 e. The van der Waals surface area contributed by atoms with E-state index in [1.165, 1.54) is 44.6 Å². The van der Waals surface area contributed by atoms with Gasteiger partial charge in [0.15, 0.2) is 22.8 Å². The Bertz CT molecular complexity index is 1590. The fourth-order valence-corrected chi connectivity index (χ4v) is 5.65. The molecule has 4 rings (SSSR count). The molecular formula is C25H21ClO7S. The average molecular weight is 501 g/mol. The molecule has 1 aromatic heterocycles. The number of sulfone groups is 1. The Labute approximate surface area is 201 Å². The van der Waals surface area contributed by atoms with Crippen LogP contribution < -0.4 is 14.9 Å². The monoisotopic (exact) mass is 500 g/mol. The highest BCUT2D eigenvalue weighted by Crippen LogP contribution is 2.39. The van der Waals surface area contributed by atoms with Crippen LogP contribution in [0.25, 0.3) is 22.3 Å². The lowest BCUT2D eigenvalue weighted by Crippen LogP contribution is -2.11. The maximum atomic E-state index is 13.6. The molecule has 0 atom stereocenters. The smallest absolute Gasteiger partial charge is 0.235 e. The van der Waals surface area contributed by atoms with E-state index in [1.54, 1.807) is 32.0 Å². The summed E-state index contributed by atoms with van der Waals surface area (Å²) in [6, 6.07) is 12.0. The molecule has 0 bridgehead atoms. The van der Waals surface area contributed by atoms with Crippen molar-refractivity contribution < 1.29 is 27.4 Å². The highest BCUT2D eigenvalue weighted by atomic mass is 35.5. The van der Waals surface area contributed by atoms with Crippen LogP contribution in [0, 0.1) is 13.8 Å². The van der Waals surface area contributed by atoms with E-state index < -0.39 is 21.0 Å². The fraction of sp³-hybridized carbons (Fsp3) is 0.160. The summed E-state index contributed by atoms with van der Waals surface area (Å²) in [7, 11) is -1.18. The topological polar surface area (TPSA) is 103 Å². The zero-order valence-electron chi connectivity index (χ0n) is 18.8. The molecule has 0 aliphatic rings. The van der Waals surface area contributed by atoms with Crippen LogP contribution in [-0.4, -0.2) is 27.7 Å². The number of benzene rings is 3. The number of aromatic hydroxyl groups is 1. The maximum absolute atomic E-state index is 13.6. The molecule has 0 fully saturated rings. The summed E-state index contributed by atoms with van der Waals surface area (Å²) in [5.74, 6) is -0.0410. The summed E-state index contributed by atoms with van der Waals surface area (Å²) >= 11 is 5.93. The molecule has 0 radical (unpaired) electrons. The predicted octanol–water partition coefficient (Wildman–Crippen LogP) is 5.29. The lowest BCUT2D eigenvalue weighted by molar-refractivity contribution is 0.355. The Morgan fingerprint density at radius 1 is 0.912 bits per heavy atom. The Hall–Kier alpha value is -3.49. The van der Waals surface area contributed by atoms with Crippen molar-refractivity contribution in [1.29, 1.82) is 0 Å². The van der Waals surface area contributed by atoms with Crippen LogP contribution in [0.2, 0.25) is 5.02 Å². The van der Waals surface area contributed by atoms with Gasteiger partial charge in [0.05, 0.1) is 24.5 Å². The van der Waals surface area contributed by atoms with Crippen molar-refractivity contribution in [3.05, 3.63) is 74.9 Å². The lowest BCUT2D eigenvalue weighted by Gasteiger charge is -2.15. The number of rotatable bonds is 5. The van der Waals surface area contributed by atoms with Crippen molar-refractivity contribution in [1.82, 2.24) is 0 Å². The van der Waals surface area contributed by atoms with Gasteiger partial charge in [0.1, 0.15) is 4.90 Å². The Balaban J connectivity index is 2.10. The number of ether oxygens (including phenoxy) is 2. The van der Waals surface area contributed by atoms with Gasteiger partial charge in [-0.3, -0.25) is 4.79 Å². The van der Waals surface area contributed by atoms with Crippen molar-refractivity contribution >= 4 is 32.4 Å². The molecule has 7 nitrogen and oxygen atoms in total. The van der Waals surface area contributed by atoms with E-state index in [1.807, 2.05) is 0 Å². The first-order valence-electron chi connectivity index (χ1n) is 10.1. The second-order valence-electron chi connectivity index (χ2n) is 7.68. The summed E-state index contributed by atoms with van der Waals surface area (Å²) in [4.78, 5) is 13.1. The van der Waals surface area contributed by atoms with Crippen LogP contribution >= 0.6 is 11.6 Å². The molecule has 0 saturated carbocycles. The molecule has 3 aromatic carbocycles. The molecular weight excluding hydrogens is 480 g/mol. The van der Waals surface area contributed by atoms with Gasteiger partial charge in [0.25, 0.3) is 0 Å². The van der Waals surface area contributed by atoms with Crippen LogP contribution in [0.1, 0.15) is 11.1 Å².